The number of nitrogens with one attached hydrogen (secondary N) is 1. The van der Waals surface area contributed by atoms with E-state index in [9.17, 15) is 4.79 Å². The van der Waals surface area contributed by atoms with Crippen molar-refractivity contribution in [2.45, 2.75) is 11.9 Å². The van der Waals surface area contributed by atoms with E-state index in [0.29, 0.717) is 6.61 Å². The predicted octanol–water partition coefficient (Wildman–Crippen LogP) is 1.16. The van der Waals surface area contributed by atoms with Gasteiger partial charge in [-0.2, -0.15) is 0 Å². The highest BCUT2D eigenvalue weighted by Crippen LogP contribution is 2.17. The number of hydrogen-bond donors (Lipinski definition) is 1. The van der Waals surface area contributed by atoms with E-state index in [4.69, 9.17) is 16.3 Å². The molecule has 0 saturated heterocycles. The lowest BCUT2D eigenvalue weighted by atomic mass is 10.2. The molecule has 4 heteroatoms. The molecule has 3 nitrogen and oxygen atoms in total. The number of halogens is 1. The third-order valence-electron chi connectivity index (χ3n) is 1.40. The molecule has 1 N–H and O–H groups in total. The Morgan fingerprint density at radius 2 is 2.42 bits per heavy atom. The van der Waals surface area contributed by atoms with E-state index in [-0.39, 0.29) is 0 Å². The zero-order chi connectivity index (χ0) is 9.03. The normalized spacial score (nSPS) is 26.5. The van der Waals surface area contributed by atoms with Gasteiger partial charge in [0.25, 0.3) is 0 Å². The fraction of sp³-hybridized carbons (Fsp3) is 0.375. The lowest BCUT2D eigenvalue weighted by molar-refractivity contribution is -0.145. The summed E-state index contributed by atoms with van der Waals surface area (Å²) in [5.41, 5.74) is 0. The zero-order valence-corrected chi connectivity index (χ0v) is 7.47. The molecule has 0 aromatic heterocycles. The fourth-order valence-corrected chi connectivity index (χ4v) is 1.01. The number of alkyl halides is 1. The Morgan fingerprint density at radius 3 is 2.92 bits per heavy atom. The summed E-state index contributed by atoms with van der Waals surface area (Å²) in [6.07, 6.45) is 6.59. The zero-order valence-electron chi connectivity index (χ0n) is 6.71. The van der Waals surface area contributed by atoms with Crippen molar-refractivity contribution in [1.82, 2.24) is 5.32 Å². The Bertz CT molecular complexity index is 237. The van der Waals surface area contributed by atoms with Gasteiger partial charge < -0.3 is 10.1 Å². The fourth-order valence-electron chi connectivity index (χ4n) is 0.824. The molecule has 12 heavy (non-hydrogen) atoms. The molecule has 1 heterocycles. The monoisotopic (exact) mass is 187 g/mol. The minimum absolute atomic E-state index is 0.326. The smallest absolute Gasteiger partial charge is 0.351 e. The second-order valence-corrected chi connectivity index (χ2v) is 2.89. The van der Waals surface area contributed by atoms with Crippen LogP contribution in [0.2, 0.25) is 0 Å². The van der Waals surface area contributed by atoms with Gasteiger partial charge in [-0.15, -0.1) is 0 Å². The molecular weight excluding hydrogens is 178 g/mol. The van der Waals surface area contributed by atoms with Crippen molar-refractivity contribution in [2.75, 3.05) is 6.61 Å². The van der Waals surface area contributed by atoms with Gasteiger partial charge in [-0.1, -0.05) is 17.7 Å². The summed E-state index contributed by atoms with van der Waals surface area (Å²) in [5, 5.41) is 2.70. The first kappa shape index (κ1) is 9.13. The highest BCUT2D eigenvalue weighted by molar-refractivity contribution is 6.35. The topological polar surface area (TPSA) is 38.3 Å². The molecule has 1 unspecified atom stereocenters. The van der Waals surface area contributed by atoms with E-state index in [1.807, 2.05) is 0 Å². The highest BCUT2D eigenvalue weighted by atomic mass is 35.5. The van der Waals surface area contributed by atoms with Crippen molar-refractivity contribution in [3.05, 3.63) is 24.4 Å². The third kappa shape index (κ3) is 1.80. The minimum Gasteiger partial charge on any atom is -0.463 e. The van der Waals surface area contributed by atoms with Crippen molar-refractivity contribution in [2.24, 2.45) is 0 Å². The Morgan fingerprint density at radius 1 is 1.67 bits per heavy atom. The average Bonchev–Trinajstić information content (AvgIpc) is 2.06. The number of allylic oxidation sites excluding steroid dienone is 2. The first-order chi connectivity index (χ1) is 5.69. The van der Waals surface area contributed by atoms with Crippen LogP contribution in [0.1, 0.15) is 6.92 Å². The van der Waals surface area contributed by atoms with Gasteiger partial charge in [0.1, 0.15) is 0 Å². The van der Waals surface area contributed by atoms with Crippen molar-refractivity contribution in [1.29, 1.82) is 0 Å². The maximum atomic E-state index is 11.2. The molecular formula is C8H10ClNO2. The van der Waals surface area contributed by atoms with Crippen LogP contribution in [-0.2, 0) is 9.53 Å². The van der Waals surface area contributed by atoms with Gasteiger partial charge in [0.05, 0.1) is 6.61 Å². The standard InChI is InChI=1S/C8H10ClNO2/c1-2-12-7(11)8(9)5-3-4-6-10-8/h3-6,10H,2H2,1H3. The predicted molar refractivity (Wildman–Crippen MR) is 46.6 cm³/mol. The number of esters is 1. The average molecular weight is 188 g/mol. The van der Waals surface area contributed by atoms with E-state index in [1.54, 1.807) is 31.4 Å². The van der Waals surface area contributed by atoms with Crippen LogP contribution in [0.3, 0.4) is 0 Å². The van der Waals surface area contributed by atoms with E-state index < -0.39 is 11.0 Å². The summed E-state index contributed by atoms with van der Waals surface area (Å²) < 4.78 is 4.77. The largest absolute Gasteiger partial charge is 0.463 e. The Labute approximate surface area is 76.0 Å². The Hall–Kier alpha value is -0.960. The van der Waals surface area contributed by atoms with Crippen molar-refractivity contribution < 1.29 is 9.53 Å². The van der Waals surface area contributed by atoms with Gasteiger partial charge in [-0.3, -0.25) is 0 Å². The maximum absolute atomic E-state index is 11.2. The highest BCUT2D eigenvalue weighted by Gasteiger charge is 2.34. The van der Waals surface area contributed by atoms with Crippen LogP contribution in [0.15, 0.2) is 24.4 Å². The quantitative estimate of drug-likeness (QED) is 0.401. The van der Waals surface area contributed by atoms with Crippen LogP contribution in [0, 0.1) is 0 Å². The number of carbonyl (C=O) groups is 1. The van der Waals surface area contributed by atoms with Gasteiger partial charge in [-0.25, -0.2) is 4.79 Å². The molecule has 0 aromatic carbocycles. The molecule has 0 bridgehead atoms. The van der Waals surface area contributed by atoms with Crippen LogP contribution in [0.5, 0.6) is 0 Å². The first-order valence-electron chi connectivity index (χ1n) is 3.67. The molecule has 66 valence electrons. The molecule has 1 aliphatic heterocycles. The third-order valence-corrected chi connectivity index (χ3v) is 1.79. The summed E-state index contributed by atoms with van der Waals surface area (Å²) in [6, 6.07) is 0. The molecule has 1 aliphatic rings. The van der Waals surface area contributed by atoms with Crippen LogP contribution >= 0.6 is 11.6 Å². The van der Waals surface area contributed by atoms with Gasteiger partial charge >= 0.3 is 5.97 Å². The molecule has 0 spiro atoms. The second kappa shape index (κ2) is 3.63. The van der Waals surface area contributed by atoms with E-state index in [0.717, 1.165) is 0 Å². The number of hydrogen-bond acceptors (Lipinski definition) is 3. The van der Waals surface area contributed by atoms with Crippen molar-refractivity contribution in [3.63, 3.8) is 0 Å². The maximum Gasteiger partial charge on any atom is 0.351 e. The second-order valence-electron chi connectivity index (χ2n) is 2.29. The van der Waals surface area contributed by atoms with Crippen LogP contribution < -0.4 is 5.32 Å². The van der Waals surface area contributed by atoms with Gasteiger partial charge in [0.15, 0.2) is 0 Å². The number of carbonyl (C=O) groups excluding carboxylic acids is 1. The van der Waals surface area contributed by atoms with Crippen LogP contribution in [-0.4, -0.2) is 17.6 Å². The van der Waals surface area contributed by atoms with E-state index in [2.05, 4.69) is 5.32 Å². The molecule has 0 aromatic rings. The summed E-state index contributed by atoms with van der Waals surface area (Å²) in [5.74, 6) is -0.479. The molecule has 0 fully saturated rings. The molecule has 1 atom stereocenters. The minimum atomic E-state index is -1.22. The van der Waals surface area contributed by atoms with Crippen LogP contribution in [0.4, 0.5) is 0 Å². The SMILES string of the molecule is CCOC(=O)C1(Cl)C=CC=CN1. The number of ether oxygens (including phenoxy) is 1. The lowest BCUT2D eigenvalue weighted by Gasteiger charge is -2.22. The lowest BCUT2D eigenvalue weighted by Crippen LogP contribution is -2.44. The first-order valence-corrected chi connectivity index (χ1v) is 4.05. The van der Waals surface area contributed by atoms with Crippen molar-refractivity contribution in [3.8, 4) is 0 Å². The number of rotatable bonds is 2. The molecule has 0 amide bonds. The summed E-state index contributed by atoms with van der Waals surface area (Å²) >= 11 is 5.88. The van der Waals surface area contributed by atoms with E-state index in [1.165, 1.54) is 0 Å². The van der Waals surface area contributed by atoms with E-state index >= 15 is 0 Å². The van der Waals surface area contributed by atoms with Crippen molar-refractivity contribution >= 4 is 17.6 Å². The number of dihydropyridines is 1. The van der Waals surface area contributed by atoms with Crippen LogP contribution in [0.25, 0.3) is 0 Å². The summed E-state index contributed by atoms with van der Waals surface area (Å²) in [4.78, 5) is 10.0. The van der Waals surface area contributed by atoms with Gasteiger partial charge in [-0.05, 0) is 25.3 Å². The Balaban J connectivity index is 2.65. The summed E-state index contributed by atoms with van der Waals surface area (Å²) in [7, 11) is 0. The Kier molecular flexibility index (Phi) is 2.76. The molecule has 0 saturated carbocycles. The van der Waals surface area contributed by atoms with Gasteiger partial charge in [0.2, 0.25) is 5.00 Å². The molecule has 0 radical (unpaired) electrons. The summed E-state index contributed by atoms with van der Waals surface area (Å²) in [6.45, 7) is 2.06. The molecule has 0 aliphatic carbocycles. The van der Waals surface area contributed by atoms with Gasteiger partial charge in [0, 0.05) is 0 Å². The molecule has 1 rings (SSSR count).